The molecule has 2 aromatic heterocycles. The third kappa shape index (κ3) is 4.04. The highest BCUT2D eigenvalue weighted by atomic mass is 32.2. The third-order valence-corrected chi connectivity index (χ3v) is 7.17. The standard InChI is InChI=1S/C21H24N4O3S/c1-16-6-5-7-20-23-19(15-25(16)20)21(26)22-14-17-8-10-18(11-9-17)29(27,28)24-12-3-2-4-13-24/h5-11,15H,2-4,12-14H2,1H3,(H,22,26). The summed E-state index contributed by atoms with van der Waals surface area (Å²) in [6.07, 6.45) is 4.61. The number of carbonyl (C=O) groups is 1. The maximum atomic E-state index is 12.7. The van der Waals surface area contributed by atoms with Crippen LogP contribution < -0.4 is 5.32 Å². The second-order valence-electron chi connectivity index (χ2n) is 7.31. The minimum atomic E-state index is -3.44. The largest absolute Gasteiger partial charge is 0.347 e. The Morgan fingerprint density at radius 1 is 1.07 bits per heavy atom. The number of sulfonamides is 1. The van der Waals surface area contributed by atoms with Crippen LogP contribution in [0.3, 0.4) is 0 Å². The molecule has 0 spiro atoms. The molecule has 8 heteroatoms. The van der Waals surface area contributed by atoms with Crippen LogP contribution in [0.4, 0.5) is 0 Å². The minimum Gasteiger partial charge on any atom is -0.347 e. The zero-order valence-electron chi connectivity index (χ0n) is 16.3. The van der Waals surface area contributed by atoms with E-state index in [4.69, 9.17) is 0 Å². The van der Waals surface area contributed by atoms with Crippen LogP contribution in [0.5, 0.6) is 0 Å². The first kappa shape index (κ1) is 19.6. The van der Waals surface area contributed by atoms with Crippen molar-refractivity contribution in [3.63, 3.8) is 0 Å². The second kappa shape index (κ2) is 7.96. The van der Waals surface area contributed by atoms with Crippen LogP contribution in [-0.4, -0.2) is 41.1 Å². The molecule has 0 radical (unpaired) electrons. The number of hydrogen-bond acceptors (Lipinski definition) is 4. The van der Waals surface area contributed by atoms with Gasteiger partial charge in [-0.1, -0.05) is 24.6 Å². The van der Waals surface area contributed by atoms with E-state index in [9.17, 15) is 13.2 Å². The predicted octanol–water partition coefficient (Wildman–Crippen LogP) is 2.75. The van der Waals surface area contributed by atoms with Gasteiger partial charge in [-0.05, 0) is 49.6 Å². The second-order valence-corrected chi connectivity index (χ2v) is 9.25. The van der Waals surface area contributed by atoms with Gasteiger partial charge in [-0.3, -0.25) is 4.79 Å². The van der Waals surface area contributed by atoms with E-state index in [1.807, 2.05) is 29.5 Å². The Morgan fingerprint density at radius 3 is 2.48 bits per heavy atom. The molecule has 7 nitrogen and oxygen atoms in total. The lowest BCUT2D eigenvalue weighted by Crippen LogP contribution is -2.35. The molecule has 152 valence electrons. The molecular weight excluding hydrogens is 388 g/mol. The molecule has 3 aromatic rings. The van der Waals surface area contributed by atoms with E-state index in [1.54, 1.807) is 34.8 Å². The lowest BCUT2D eigenvalue weighted by atomic mass is 10.2. The Labute approximate surface area is 170 Å². The van der Waals surface area contributed by atoms with Crippen molar-refractivity contribution in [3.8, 4) is 0 Å². The van der Waals surface area contributed by atoms with Gasteiger partial charge < -0.3 is 9.72 Å². The van der Waals surface area contributed by atoms with Crippen molar-refractivity contribution >= 4 is 21.6 Å². The number of aryl methyl sites for hydroxylation is 1. The molecule has 1 aromatic carbocycles. The first-order valence-corrected chi connectivity index (χ1v) is 11.2. The summed E-state index contributed by atoms with van der Waals surface area (Å²) in [5.41, 5.74) is 2.90. The number of fused-ring (bicyclic) bond motifs is 1. The van der Waals surface area contributed by atoms with Crippen LogP contribution >= 0.6 is 0 Å². The summed E-state index contributed by atoms with van der Waals surface area (Å²) in [7, 11) is -3.44. The number of benzene rings is 1. The van der Waals surface area contributed by atoms with Crippen molar-refractivity contribution in [2.75, 3.05) is 13.1 Å². The number of pyridine rings is 1. The van der Waals surface area contributed by atoms with E-state index in [0.29, 0.717) is 30.2 Å². The summed E-state index contributed by atoms with van der Waals surface area (Å²) in [5, 5.41) is 2.84. The number of imidazole rings is 1. The van der Waals surface area contributed by atoms with E-state index >= 15 is 0 Å². The summed E-state index contributed by atoms with van der Waals surface area (Å²) < 4.78 is 28.8. The zero-order valence-corrected chi connectivity index (χ0v) is 17.2. The highest BCUT2D eigenvalue weighted by Gasteiger charge is 2.25. The van der Waals surface area contributed by atoms with Gasteiger partial charge in [0.15, 0.2) is 0 Å². The van der Waals surface area contributed by atoms with Crippen molar-refractivity contribution in [1.82, 2.24) is 19.0 Å². The Hall–Kier alpha value is -2.71. The first-order chi connectivity index (χ1) is 13.9. The monoisotopic (exact) mass is 412 g/mol. The molecule has 1 aliphatic heterocycles. The summed E-state index contributed by atoms with van der Waals surface area (Å²) in [6, 6.07) is 12.4. The fraction of sp³-hybridized carbons (Fsp3) is 0.333. The van der Waals surface area contributed by atoms with Crippen molar-refractivity contribution in [1.29, 1.82) is 0 Å². The molecule has 3 heterocycles. The zero-order chi connectivity index (χ0) is 20.4. The van der Waals surface area contributed by atoms with Gasteiger partial charge in [0.2, 0.25) is 10.0 Å². The molecule has 0 aliphatic carbocycles. The normalized spacial score (nSPS) is 15.5. The van der Waals surface area contributed by atoms with Gasteiger partial charge in [0, 0.05) is 31.5 Å². The summed E-state index contributed by atoms with van der Waals surface area (Å²) >= 11 is 0. The van der Waals surface area contributed by atoms with E-state index in [1.165, 1.54) is 0 Å². The van der Waals surface area contributed by atoms with Gasteiger partial charge in [-0.15, -0.1) is 0 Å². The van der Waals surface area contributed by atoms with Crippen LogP contribution in [0.15, 0.2) is 53.6 Å². The molecular formula is C21H24N4O3S. The van der Waals surface area contributed by atoms with E-state index in [2.05, 4.69) is 10.3 Å². The minimum absolute atomic E-state index is 0.266. The lowest BCUT2D eigenvalue weighted by Gasteiger charge is -2.25. The summed E-state index contributed by atoms with van der Waals surface area (Å²) in [4.78, 5) is 17.1. The first-order valence-electron chi connectivity index (χ1n) is 9.77. The molecule has 29 heavy (non-hydrogen) atoms. The number of amides is 1. The molecule has 1 aliphatic rings. The topological polar surface area (TPSA) is 83.8 Å². The van der Waals surface area contributed by atoms with Crippen molar-refractivity contribution < 1.29 is 13.2 Å². The van der Waals surface area contributed by atoms with Gasteiger partial charge in [0.1, 0.15) is 11.3 Å². The number of nitrogens with one attached hydrogen (secondary N) is 1. The van der Waals surface area contributed by atoms with E-state index in [0.717, 1.165) is 36.2 Å². The Kier molecular flexibility index (Phi) is 5.38. The highest BCUT2D eigenvalue weighted by molar-refractivity contribution is 7.89. The number of hydrogen-bond donors (Lipinski definition) is 1. The van der Waals surface area contributed by atoms with Gasteiger partial charge in [-0.2, -0.15) is 4.31 Å². The lowest BCUT2D eigenvalue weighted by molar-refractivity contribution is 0.0946. The molecule has 0 saturated carbocycles. The van der Waals surface area contributed by atoms with E-state index < -0.39 is 10.0 Å². The number of aromatic nitrogens is 2. The van der Waals surface area contributed by atoms with Crippen molar-refractivity contribution in [3.05, 3.63) is 65.6 Å². The summed E-state index contributed by atoms with van der Waals surface area (Å²) in [5.74, 6) is -0.266. The number of piperidine rings is 1. The SMILES string of the molecule is Cc1cccc2nc(C(=O)NCc3ccc(S(=O)(=O)N4CCCCC4)cc3)cn12. The average Bonchev–Trinajstić information content (AvgIpc) is 3.19. The maximum absolute atomic E-state index is 12.7. The Morgan fingerprint density at radius 2 is 1.79 bits per heavy atom. The third-order valence-electron chi connectivity index (χ3n) is 5.26. The molecule has 0 atom stereocenters. The molecule has 1 amide bonds. The number of rotatable bonds is 5. The fourth-order valence-corrected chi connectivity index (χ4v) is 5.08. The molecule has 0 unspecified atom stereocenters. The van der Waals surface area contributed by atoms with Crippen molar-refractivity contribution in [2.24, 2.45) is 0 Å². The Balaban J connectivity index is 1.42. The molecule has 1 N–H and O–H groups in total. The number of carbonyl (C=O) groups excluding carboxylic acids is 1. The van der Waals surface area contributed by atoms with Crippen LogP contribution in [0, 0.1) is 6.92 Å². The predicted molar refractivity (Wildman–Crippen MR) is 110 cm³/mol. The Bertz CT molecular complexity index is 1130. The summed E-state index contributed by atoms with van der Waals surface area (Å²) in [6.45, 7) is 3.42. The molecule has 0 bridgehead atoms. The molecule has 1 saturated heterocycles. The van der Waals surface area contributed by atoms with Gasteiger partial charge in [0.05, 0.1) is 4.90 Å². The molecule has 4 rings (SSSR count). The average molecular weight is 413 g/mol. The van der Waals surface area contributed by atoms with Crippen LogP contribution in [0.1, 0.15) is 41.0 Å². The van der Waals surface area contributed by atoms with Crippen LogP contribution in [-0.2, 0) is 16.6 Å². The van der Waals surface area contributed by atoms with Gasteiger partial charge in [-0.25, -0.2) is 13.4 Å². The van der Waals surface area contributed by atoms with Crippen LogP contribution in [0.25, 0.3) is 5.65 Å². The maximum Gasteiger partial charge on any atom is 0.271 e. The number of nitrogens with zero attached hydrogens (tertiary/aromatic N) is 3. The quantitative estimate of drug-likeness (QED) is 0.698. The van der Waals surface area contributed by atoms with E-state index in [-0.39, 0.29) is 5.91 Å². The highest BCUT2D eigenvalue weighted by Crippen LogP contribution is 2.21. The van der Waals surface area contributed by atoms with Crippen LogP contribution in [0.2, 0.25) is 0 Å². The smallest absolute Gasteiger partial charge is 0.271 e. The molecule has 1 fully saturated rings. The fourth-order valence-electron chi connectivity index (χ4n) is 3.56. The van der Waals surface area contributed by atoms with Gasteiger partial charge in [0.25, 0.3) is 5.91 Å². The van der Waals surface area contributed by atoms with Crippen molar-refractivity contribution in [2.45, 2.75) is 37.6 Å². The van der Waals surface area contributed by atoms with Gasteiger partial charge >= 0.3 is 0 Å².